The van der Waals surface area contributed by atoms with Crippen molar-refractivity contribution in [2.75, 3.05) is 6.54 Å². The van der Waals surface area contributed by atoms with Crippen LogP contribution < -0.4 is 5.32 Å². The highest BCUT2D eigenvalue weighted by Gasteiger charge is 1.99. The van der Waals surface area contributed by atoms with E-state index in [1.165, 1.54) is 15.8 Å². The molecule has 2 heterocycles. The second-order valence-electron chi connectivity index (χ2n) is 5.05. The number of hydrogen-bond acceptors (Lipinski definition) is 4. The Morgan fingerprint density at radius 2 is 1.86 bits per heavy atom. The first kappa shape index (κ1) is 14.2. The van der Waals surface area contributed by atoms with Crippen LogP contribution in [-0.4, -0.2) is 16.6 Å². The molecule has 4 heteroatoms. The molecule has 21 heavy (non-hydrogen) atoms. The minimum absolute atomic E-state index is 0.108. The predicted octanol–water partition coefficient (Wildman–Crippen LogP) is 3.12. The maximum atomic E-state index is 9.01. The fraction of sp³-hybridized carbons (Fsp3) is 0.235. The smallest absolute Gasteiger partial charge is 0.0809 e. The minimum Gasteiger partial charge on any atom is -0.392 e. The van der Waals surface area contributed by atoms with Gasteiger partial charge in [-0.1, -0.05) is 24.3 Å². The standard InChI is InChI=1S/C17H18N2OS/c20-12-14-3-1-13(2-4-14)5-7-18-10-15-9-17-16(19-11-15)6-8-21-17/h1-4,6,8-9,11,18,20H,5,7,10,12H2. The monoisotopic (exact) mass is 298 g/mol. The van der Waals surface area contributed by atoms with Crippen LogP contribution in [0.25, 0.3) is 10.2 Å². The highest BCUT2D eigenvalue weighted by atomic mass is 32.1. The molecule has 0 unspecified atom stereocenters. The molecule has 0 fully saturated rings. The van der Waals surface area contributed by atoms with Gasteiger partial charge in [-0.15, -0.1) is 11.3 Å². The van der Waals surface area contributed by atoms with Crippen LogP contribution in [0.5, 0.6) is 0 Å². The van der Waals surface area contributed by atoms with Gasteiger partial charge in [0, 0.05) is 12.7 Å². The van der Waals surface area contributed by atoms with Gasteiger partial charge < -0.3 is 10.4 Å². The van der Waals surface area contributed by atoms with Gasteiger partial charge in [-0.2, -0.15) is 0 Å². The summed E-state index contributed by atoms with van der Waals surface area (Å²) in [6.45, 7) is 1.88. The Balaban J connectivity index is 1.48. The fourth-order valence-corrected chi connectivity index (χ4v) is 3.06. The highest BCUT2D eigenvalue weighted by Crippen LogP contribution is 2.19. The van der Waals surface area contributed by atoms with Crippen molar-refractivity contribution in [2.45, 2.75) is 19.6 Å². The van der Waals surface area contributed by atoms with E-state index in [1.54, 1.807) is 11.3 Å². The van der Waals surface area contributed by atoms with Crippen molar-refractivity contribution in [3.8, 4) is 0 Å². The Kier molecular flexibility index (Phi) is 4.60. The lowest BCUT2D eigenvalue weighted by Crippen LogP contribution is -2.16. The van der Waals surface area contributed by atoms with Crippen molar-refractivity contribution >= 4 is 21.6 Å². The molecule has 2 N–H and O–H groups in total. The number of benzene rings is 1. The SMILES string of the molecule is OCc1ccc(CCNCc2cnc3ccsc3c2)cc1. The molecule has 0 bridgehead atoms. The number of nitrogens with zero attached hydrogens (tertiary/aromatic N) is 1. The van der Waals surface area contributed by atoms with Gasteiger partial charge in [0.1, 0.15) is 0 Å². The first-order chi connectivity index (χ1) is 10.3. The molecule has 0 aliphatic carbocycles. The van der Waals surface area contributed by atoms with Crippen molar-refractivity contribution < 1.29 is 5.11 Å². The number of thiophene rings is 1. The maximum absolute atomic E-state index is 9.01. The minimum atomic E-state index is 0.108. The number of rotatable bonds is 6. The van der Waals surface area contributed by atoms with Gasteiger partial charge in [-0.3, -0.25) is 4.98 Å². The van der Waals surface area contributed by atoms with Crippen LogP contribution in [0, 0.1) is 0 Å². The van der Waals surface area contributed by atoms with Gasteiger partial charge in [0.2, 0.25) is 0 Å². The summed E-state index contributed by atoms with van der Waals surface area (Å²) in [4.78, 5) is 4.44. The van der Waals surface area contributed by atoms with Crippen molar-refractivity contribution in [2.24, 2.45) is 0 Å². The van der Waals surface area contributed by atoms with Gasteiger partial charge >= 0.3 is 0 Å². The molecular weight excluding hydrogens is 280 g/mol. The van der Waals surface area contributed by atoms with Crippen molar-refractivity contribution in [1.82, 2.24) is 10.3 Å². The largest absolute Gasteiger partial charge is 0.392 e. The molecule has 0 saturated heterocycles. The Morgan fingerprint density at radius 1 is 1.05 bits per heavy atom. The van der Waals surface area contributed by atoms with Crippen LogP contribution in [0.15, 0.2) is 48.0 Å². The van der Waals surface area contributed by atoms with Crippen molar-refractivity contribution in [3.63, 3.8) is 0 Å². The van der Waals surface area contributed by atoms with Crippen LogP contribution in [0.1, 0.15) is 16.7 Å². The van der Waals surface area contributed by atoms with Crippen molar-refractivity contribution in [1.29, 1.82) is 0 Å². The molecule has 3 rings (SSSR count). The Hall–Kier alpha value is -1.75. The third kappa shape index (κ3) is 3.67. The molecule has 1 aromatic carbocycles. The summed E-state index contributed by atoms with van der Waals surface area (Å²) in [5.41, 5.74) is 4.54. The fourth-order valence-electron chi connectivity index (χ4n) is 2.26. The lowest BCUT2D eigenvalue weighted by atomic mass is 10.1. The third-order valence-electron chi connectivity index (χ3n) is 3.48. The van der Waals surface area contributed by atoms with E-state index in [1.807, 2.05) is 24.4 Å². The van der Waals surface area contributed by atoms with E-state index in [4.69, 9.17) is 5.11 Å². The van der Waals surface area contributed by atoms with E-state index in [0.29, 0.717) is 0 Å². The summed E-state index contributed by atoms with van der Waals surface area (Å²) in [6.07, 6.45) is 2.93. The molecule has 3 nitrogen and oxygen atoms in total. The van der Waals surface area contributed by atoms with Crippen LogP contribution in [0.2, 0.25) is 0 Å². The van der Waals surface area contributed by atoms with E-state index in [9.17, 15) is 0 Å². The average Bonchev–Trinajstić information content (AvgIpc) is 3.00. The molecule has 0 amide bonds. The van der Waals surface area contributed by atoms with E-state index in [0.717, 1.165) is 30.6 Å². The van der Waals surface area contributed by atoms with Crippen LogP contribution in [0.4, 0.5) is 0 Å². The summed E-state index contributed by atoms with van der Waals surface area (Å²) < 4.78 is 1.24. The average molecular weight is 298 g/mol. The van der Waals surface area contributed by atoms with Gasteiger partial charge in [0.25, 0.3) is 0 Å². The first-order valence-corrected chi connectivity index (χ1v) is 7.94. The second-order valence-corrected chi connectivity index (χ2v) is 6.00. The van der Waals surface area contributed by atoms with E-state index < -0.39 is 0 Å². The lowest BCUT2D eigenvalue weighted by Gasteiger charge is -2.06. The third-order valence-corrected chi connectivity index (χ3v) is 4.34. The van der Waals surface area contributed by atoms with Gasteiger partial charge in [-0.05, 0) is 47.2 Å². The number of aliphatic hydroxyl groups is 1. The normalized spacial score (nSPS) is 11.1. The highest BCUT2D eigenvalue weighted by molar-refractivity contribution is 7.17. The molecule has 0 aliphatic rings. The summed E-state index contributed by atoms with van der Waals surface area (Å²) in [5.74, 6) is 0. The number of aromatic nitrogens is 1. The lowest BCUT2D eigenvalue weighted by molar-refractivity contribution is 0.282. The number of fused-ring (bicyclic) bond motifs is 1. The zero-order chi connectivity index (χ0) is 14.5. The Labute approximate surface area is 128 Å². The molecule has 3 aromatic rings. The van der Waals surface area contributed by atoms with Gasteiger partial charge in [0.15, 0.2) is 0 Å². The topological polar surface area (TPSA) is 45.1 Å². The van der Waals surface area contributed by atoms with E-state index in [2.05, 4.69) is 33.9 Å². The van der Waals surface area contributed by atoms with E-state index >= 15 is 0 Å². The van der Waals surface area contributed by atoms with Crippen LogP contribution in [0.3, 0.4) is 0 Å². The molecule has 0 spiro atoms. The number of pyridine rings is 1. The van der Waals surface area contributed by atoms with Gasteiger partial charge in [0.05, 0.1) is 16.8 Å². The quantitative estimate of drug-likeness (QED) is 0.687. The van der Waals surface area contributed by atoms with Crippen LogP contribution >= 0.6 is 11.3 Å². The summed E-state index contributed by atoms with van der Waals surface area (Å²) in [7, 11) is 0. The zero-order valence-corrected chi connectivity index (χ0v) is 12.6. The first-order valence-electron chi connectivity index (χ1n) is 7.07. The molecule has 0 atom stereocenters. The summed E-state index contributed by atoms with van der Waals surface area (Å²) in [5, 5.41) is 14.5. The van der Waals surface area contributed by atoms with E-state index in [-0.39, 0.29) is 6.61 Å². The van der Waals surface area contributed by atoms with Gasteiger partial charge in [-0.25, -0.2) is 0 Å². The number of nitrogens with one attached hydrogen (secondary N) is 1. The predicted molar refractivity (Wildman–Crippen MR) is 87.4 cm³/mol. The maximum Gasteiger partial charge on any atom is 0.0809 e. The van der Waals surface area contributed by atoms with Crippen molar-refractivity contribution in [3.05, 3.63) is 64.7 Å². The van der Waals surface area contributed by atoms with Crippen LogP contribution in [-0.2, 0) is 19.6 Å². The zero-order valence-electron chi connectivity index (χ0n) is 11.7. The molecule has 0 saturated carbocycles. The number of hydrogen-bond donors (Lipinski definition) is 2. The summed E-state index contributed by atoms with van der Waals surface area (Å²) >= 11 is 1.73. The molecule has 0 aliphatic heterocycles. The Bertz CT molecular complexity index is 706. The molecular formula is C17H18N2OS. The number of aliphatic hydroxyl groups excluding tert-OH is 1. The molecule has 108 valence electrons. The molecule has 2 aromatic heterocycles. The second kappa shape index (κ2) is 6.80. The molecule has 0 radical (unpaired) electrons. The summed E-state index contributed by atoms with van der Waals surface area (Å²) in [6, 6.07) is 12.4. The Morgan fingerprint density at radius 3 is 2.67 bits per heavy atom.